The molecule has 0 bridgehead atoms. The third-order valence-electron chi connectivity index (χ3n) is 4.81. The number of benzene rings is 1. The topological polar surface area (TPSA) is 105 Å². The first kappa shape index (κ1) is 18.7. The number of nitrogens with zero attached hydrogens (tertiary/aromatic N) is 5. The zero-order chi connectivity index (χ0) is 19.5. The van der Waals surface area contributed by atoms with Gasteiger partial charge in [-0.15, -0.1) is 5.10 Å². The molecule has 2 heterocycles. The van der Waals surface area contributed by atoms with Crippen molar-refractivity contribution in [3.8, 4) is 0 Å². The van der Waals surface area contributed by atoms with Gasteiger partial charge >= 0.3 is 0 Å². The molecule has 2 aliphatic rings. The molecule has 1 aliphatic carbocycles. The minimum atomic E-state index is -0.283. The number of hydrogen-bond acceptors (Lipinski definition) is 7. The van der Waals surface area contributed by atoms with E-state index >= 15 is 0 Å². The molecule has 0 radical (unpaired) electrons. The highest BCUT2D eigenvalue weighted by molar-refractivity contribution is 8.00. The van der Waals surface area contributed by atoms with Gasteiger partial charge in [0.05, 0.1) is 17.8 Å². The number of carbonyl (C=O) groups is 2. The summed E-state index contributed by atoms with van der Waals surface area (Å²) in [4.78, 5) is 26.0. The van der Waals surface area contributed by atoms with Gasteiger partial charge in [-0.2, -0.15) is 0 Å². The highest BCUT2D eigenvalue weighted by Gasteiger charge is 2.29. The van der Waals surface area contributed by atoms with Crippen LogP contribution >= 0.6 is 11.8 Å². The van der Waals surface area contributed by atoms with Crippen molar-refractivity contribution in [2.45, 2.75) is 42.8 Å². The molecule has 10 heteroatoms. The van der Waals surface area contributed by atoms with E-state index in [1.54, 1.807) is 0 Å². The molecule has 0 spiro atoms. The summed E-state index contributed by atoms with van der Waals surface area (Å²) in [5.74, 6) is -0.00563. The molecule has 1 aromatic carbocycles. The van der Waals surface area contributed by atoms with E-state index in [0.717, 1.165) is 30.6 Å². The van der Waals surface area contributed by atoms with Crippen LogP contribution in [0.15, 0.2) is 29.4 Å². The van der Waals surface area contributed by atoms with Gasteiger partial charge < -0.3 is 15.5 Å². The molecule has 2 fully saturated rings. The van der Waals surface area contributed by atoms with Crippen LogP contribution in [-0.4, -0.2) is 56.9 Å². The van der Waals surface area contributed by atoms with Gasteiger partial charge in [0, 0.05) is 25.3 Å². The van der Waals surface area contributed by atoms with Crippen molar-refractivity contribution >= 4 is 29.3 Å². The maximum Gasteiger partial charge on any atom is 0.239 e. The summed E-state index contributed by atoms with van der Waals surface area (Å²) in [5, 5.41) is 18.0. The Balaban J connectivity index is 1.28. The van der Waals surface area contributed by atoms with Crippen molar-refractivity contribution in [1.82, 2.24) is 30.8 Å². The molecule has 4 rings (SSSR count). The molecule has 1 saturated carbocycles. The predicted octanol–water partition coefficient (Wildman–Crippen LogP) is 0.741. The summed E-state index contributed by atoms with van der Waals surface area (Å²) in [6.07, 6.45) is 2.19. The van der Waals surface area contributed by atoms with Gasteiger partial charge in [0.1, 0.15) is 0 Å². The van der Waals surface area contributed by atoms with Gasteiger partial charge in [0.15, 0.2) is 0 Å². The normalized spacial score (nSPS) is 17.9. The molecule has 1 atom stereocenters. The minimum Gasteiger partial charge on any atom is -0.360 e. The number of thioether (sulfide) groups is 1. The molecule has 1 aliphatic heterocycles. The van der Waals surface area contributed by atoms with Crippen LogP contribution in [0.25, 0.3) is 0 Å². The quantitative estimate of drug-likeness (QED) is 0.659. The molecular formula is C18H23N7O2S. The highest BCUT2D eigenvalue weighted by atomic mass is 32.2. The number of anilines is 1. The van der Waals surface area contributed by atoms with Crippen LogP contribution in [0, 0.1) is 0 Å². The number of aromatic nitrogens is 4. The van der Waals surface area contributed by atoms with Crippen LogP contribution in [0.5, 0.6) is 0 Å². The Morgan fingerprint density at radius 1 is 1.36 bits per heavy atom. The van der Waals surface area contributed by atoms with Gasteiger partial charge in [-0.05, 0) is 47.9 Å². The average Bonchev–Trinajstić information content (AvgIpc) is 3.45. The summed E-state index contributed by atoms with van der Waals surface area (Å²) in [5.41, 5.74) is 2.03. The lowest BCUT2D eigenvalue weighted by Gasteiger charge is -2.28. The summed E-state index contributed by atoms with van der Waals surface area (Å²) in [6, 6.07) is 8.32. The number of piperazine rings is 1. The van der Waals surface area contributed by atoms with Crippen LogP contribution in [0.1, 0.15) is 31.4 Å². The fourth-order valence-corrected chi connectivity index (χ4v) is 3.92. The van der Waals surface area contributed by atoms with Crippen LogP contribution in [0.3, 0.4) is 0 Å². The van der Waals surface area contributed by atoms with E-state index in [2.05, 4.69) is 26.2 Å². The molecule has 148 valence electrons. The van der Waals surface area contributed by atoms with Crippen LogP contribution in [0.4, 0.5) is 5.69 Å². The Labute approximate surface area is 167 Å². The molecular weight excluding hydrogens is 378 g/mol. The van der Waals surface area contributed by atoms with Crippen molar-refractivity contribution in [3.63, 3.8) is 0 Å². The zero-order valence-corrected chi connectivity index (χ0v) is 16.5. The number of hydrogen-bond donors (Lipinski definition) is 2. The Kier molecular flexibility index (Phi) is 5.47. The largest absolute Gasteiger partial charge is 0.360 e. The summed E-state index contributed by atoms with van der Waals surface area (Å²) in [7, 11) is 0. The second kappa shape index (κ2) is 8.17. The van der Waals surface area contributed by atoms with E-state index in [1.165, 1.54) is 11.8 Å². The Bertz CT molecular complexity index is 850. The first-order valence-electron chi connectivity index (χ1n) is 9.43. The fraction of sp³-hybridized carbons (Fsp3) is 0.500. The molecule has 1 unspecified atom stereocenters. The monoisotopic (exact) mass is 401 g/mol. The van der Waals surface area contributed by atoms with Crippen molar-refractivity contribution in [3.05, 3.63) is 29.8 Å². The maximum absolute atomic E-state index is 12.4. The second-order valence-corrected chi connectivity index (χ2v) is 8.36. The van der Waals surface area contributed by atoms with Crippen molar-refractivity contribution in [2.24, 2.45) is 0 Å². The van der Waals surface area contributed by atoms with Crippen LogP contribution < -0.4 is 15.5 Å². The first-order valence-corrected chi connectivity index (χ1v) is 10.3. The van der Waals surface area contributed by atoms with E-state index < -0.39 is 0 Å². The lowest BCUT2D eigenvalue weighted by molar-refractivity contribution is -0.121. The second-order valence-electron chi connectivity index (χ2n) is 7.05. The van der Waals surface area contributed by atoms with Crippen molar-refractivity contribution in [1.29, 1.82) is 0 Å². The highest BCUT2D eigenvalue weighted by Crippen LogP contribution is 2.37. The number of tetrazole rings is 1. The molecule has 1 aromatic heterocycles. The first-order chi connectivity index (χ1) is 13.6. The van der Waals surface area contributed by atoms with Gasteiger partial charge in [-0.25, -0.2) is 4.68 Å². The van der Waals surface area contributed by atoms with E-state index in [4.69, 9.17) is 0 Å². The Morgan fingerprint density at radius 3 is 2.86 bits per heavy atom. The van der Waals surface area contributed by atoms with Crippen molar-refractivity contribution < 1.29 is 9.59 Å². The average molecular weight is 401 g/mol. The standard InChI is InChI=1S/C18H23N7O2S/c1-12(28-18-21-22-23-25(18)15-6-7-15)17(27)20-10-13-2-4-14(5-3-13)24-9-8-19-16(26)11-24/h2-5,12,15H,6-11H2,1H3,(H,19,26)(H,20,27). The van der Waals surface area contributed by atoms with Gasteiger partial charge in [-0.3, -0.25) is 9.59 Å². The smallest absolute Gasteiger partial charge is 0.239 e. The summed E-state index contributed by atoms with van der Waals surface area (Å²) >= 11 is 1.38. The predicted molar refractivity (Wildman–Crippen MR) is 105 cm³/mol. The third-order valence-corrected chi connectivity index (χ3v) is 5.86. The van der Waals surface area contributed by atoms with E-state index in [9.17, 15) is 9.59 Å². The van der Waals surface area contributed by atoms with Gasteiger partial charge in [-0.1, -0.05) is 23.9 Å². The van der Waals surface area contributed by atoms with Crippen molar-refractivity contribution in [2.75, 3.05) is 24.5 Å². The maximum atomic E-state index is 12.4. The lowest BCUT2D eigenvalue weighted by Crippen LogP contribution is -2.47. The molecule has 1 saturated heterocycles. The lowest BCUT2D eigenvalue weighted by atomic mass is 10.2. The van der Waals surface area contributed by atoms with Gasteiger partial charge in [0.25, 0.3) is 0 Å². The van der Waals surface area contributed by atoms with E-state index in [1.807, 2.05) is 40.8 Å². The zero-order valence-electron chi connectivity index (χ0n) is 15.7. The Hall–Kier alpha value is -2.62. The number of carbonyl (C=O) groups excluding carboxylic acids is 2. The molecule has 2 aromatic rings. The van der Waals surface area contributed by atoms with E-state index in [0.29, 0.717) is 30.8 Å². The van der Waals surface area contributed by atoms with Crippen LogP contribution in [0.2, 0.25) is 0 Å². The third kappa shape index (κ3) is 4.44. The molecule has 9 nitrogen and oxygen atoms in total. The van der Waals surface area contributed by atoms with E-state index in [-0.39, 0.29) is 17.1 Å². The van der Waals surface area contributed by atoms with Gasteiger partial charge in [0.2, 0.25) is 17.0 Å². The number of amides is 2. The summed E-state index contributed by atoms with van der Waals surface area (Å²) < 4.78 is 1.81. The number of rotatable bonds is 7. The summed E-state index contributed by atoms with van der Waals surface area (Å²) in [6.45, 7) is 4.16. The molecule has 2 amide bonds. The van der Waals surface area contributed by atoms with Crippen LogP contribution in [-0.2, 0) is 16.1 Å². The molecule has 28 heavy (non-hydrogen) atoms. The molecule has 2 N–H and O–H groups in total. The fourth-order valence-electron chi connectivity index (χ4n) is 3.04. The SMILES string of the molecule is CC(Sc1nnnn1C1CC1)C(=O)NCc1ccc(N2CCNC(=O)C2)cc1. The number of nitrogens with one attached hydrogen (secondary N) is 2. The Morgan fingerprint density at radius 2 is 2.14 bits per heavy atom. The minimum absolute atomic E-state index is 0.0433.